The molecule has 0 aliphatic heterocycles. The molecule has 2 aromatic carbocycles. The van der Waals surface area contributed by atoms with Crippen LogP contribution in [0.4, 0.5) is 5.95 Å². The monoisotopic (exact) mass is 339 g/mol. The predicted octanol–water partition coefficient (Wildman–Crippen LogP) is 5.19. The summed E-state index contributed by atoms with van der Waals surface area (Å²) in [5.41, 5.74) is 8.57. The standard InChI is InChI=1S/C15H12Cl3N3/c1-8(9-4-2-3-5-10(9)16)21-14-7-12(18)11(17)6-13(14)20-15(21)19/h2-8H,1H3,(H2,19,20). The number of hydrogen-bond acceptors (Lipinski definition) is 2. The van der Waals surface area contributed by atoms with Gasteiger partial charge in [0.25, 0.3) is 0 Å². The Morgan fingerprint density at radius 2 is 1.71 bits per heavy atom. The van der Waals surface area contributed by atoms with E-state index in [1.165, 1.54) is 0 Å². The SMILES string of the molecule is CC(c1ccccc1Cl)n1c(N)nc2cc(Cl)c(Cl)cc21. The zero-order chi connectivity index (χ0) is 15.1. The third-order valence-corrected chi connectivity index (χ3v) is 4.57. The molecule has 21 heavy (non-hydrogen) atoms. The van der Waals surface area contributed by atoms with Gasteiger partial charge in [-0.05, 0) is 30.7 Å². The molecule has 2 N–H and O–H groups in total. The van der Waals surface area contributed by atoms with Gasteiger partial charge in [0.15, 0.2) is 0 Å². The van der Waals surface area contributed by atoms with Crippen molar-refractivity contribution in [3.63, 3.8) is 0 Å². The van der Waals surface area contributed by atoms with Gasteiger partial charge in [-0.1, -0.05) is 53.0 Å². The van der Waals surface area contributed by atoms with Gasteiger partial charge in [0.1, 0.15) is 0 Å². The maximum Gasteiger partial charge on any atom is 0.201 e. The molecule has 3 aromatic rings. The molecule has 0 bridgehead atoms. The summed E-state index contributed by atoms with van der Waals surface area (Å²) < 4.78 is 1.90. The Hall–Kier alpha value is -1.42. The van der Waals surface area contributed by atoms with Crippen LogP contribution in [0.15, 0.2) is 36.4 Å². The zero-order valence-electron chi connectivity index (χ0n) is 11.1. The van der Waals surface area contributed by atoms with Crippen LogP contribution < -0.4 is 5.73 Å². The Morgan fingerprint density at radius 3 is 2.43 bits per heavy atom. The van der Waals surface area contributed by atoms with Gasteiger partial charge < -0.3 is 10.3 Å². The van der Waals surface area contributed by atoms with E-state index in [0.29, 0.717) is 26.5 Å². The Bertz CT molecular complexity index is 826. The lowest BCUT2D eigenvalue weighted by atomic mass is 10.1. The van der Waals surface area contributed by atoms with E-state index in [2.05, 4.69) is 4.98 Å². The summed E-state index contributed by atoms with van der Waals surface area (Å²) in [5, 5.41) is 1.61. The molecule has 1 unspecified atom stereocenters. The van der Waals surface area contributed by atoms with E-state index in [4.69, 9.17) is 40.5 Å². The number of halogens is 3. The van der Waals surface area contributed by atoms with Crippen LogP contribution >= 0.6 is 34.8 Å². The first kappa shape index (κ1) is 14.5. The smallest absolute Gasteiger partial charge is 0.201 e. The first-order chi connectivity index (χ1) is 9.99. The van der Waals surface area contributed by atoms with Crippen LogP contribution in [0.1, 0.15) is 18.5 Å². The van der Waals surface area contributed by atoms with Gasteiger partial charge in [-0.2, -0.15) is 0 Å². The summed E-state index contributed by atoms with van der Waals surface area (Å²) in [6.45, 7) is 2.02. The van der Waals surface area contributed by atoms with E-state index in [9.17, 15) is 0 Å². The van der Waals surface area contributed by atoms with Gasteiger partial charge in [-0.3, -0.25) is 0 Å². The topological polar surface area (TPSA) is 43.8 Å². The van der Waals surface area contributed by atoms with Crippen LogP contribution in [0, 0.1) is 0 Å². The first-order valence-corrected chi connectivity index (χ1v) is 7.49. The molecule has 1 atom stereocenters. The van der Waals surface area contributed by atoms with Crippen molar-refractivity contribution in [1.82, 2.24) is 9.55 Å². The van der Waals surface area contributed by atoms with Gasteiger partial charge in [-0.15, -0.1) is 0 Å². The first-order valence-electron chi connectivity index (χ1n) is 6.36. The van der Waals surface area contributed by atoms with Crippen LogP contribution in [-0.4, -0.2) is 9.55 Å². The van der Waals surface area contributed by atoms with Crippen LogP contribution in [0.2, 0.25) is 15.1 Å². The molecule has 3 rings (SSSR count). The van der Waals surface area contributed by atoms with Gasteiger partial charge >= 0.3 is 0 Å². The predicted molar refractivity (Wildman–Crippen MR) is 89.4 cm³/mol. The van der Waals surface area contributed by atoms with Crippen molar-refractivity contribution in [1.29, 1.82) is 0 Å². The van der Waals surface area contributed by atoms with Crippen LogP contribution in [0.5, 0.6) is 0 Å². The number of nitrogen functional groups attached to an aromatic ring is 1. The molecule has 0 saturated heterocycles. The second kappa shape index (κ2) is 5.41. The van der Waals surface area contributed by atoms with Crippen molar-refractivity contribution in [2.45, 2.75) is 13.0 Å². The van der Waals surface area contributed by atoms with Crippen molar-refractivity contribution in [3.8, 4) is 0 Å². The molecule has 0 saturated carbocycles. The summed E-state index contributed by atoms with van der Waals surface area (Å²) in [6, 6.07) is 11.1. The zero-order valence-corrected chi connectivity index (χ0v) is 13.4. The van der Waals surface area contributed by atoms with Gasteiger partial charge in [0.2, 0.25) is 5.95 Å². The van der Waals surface area contributed by atoms with E-state index in [0.717, 1.165) is 11.1 Å². The fourth-order valence-corrected chi connectivity index (χ4v) is 3.08. The minimum absolute atomic E-state index is 0.0686. The Balaban J connectivity index is 2.22. The van der Waals surface area contributed by atoms with Crippen LogP contribution in [0.3, 0.4) is 0 Å². The largest absolute Gasteiger partial charge is 0.369 e. The highest BCUT2D eigenvalue weighted by Crippen LogP contribution is 2.34. The number of imidazole rings is 1. The molecule has 3 nitrogen and oxygen atoms in total. The second-order valence-electron chi connectivity index (χ2n) is 4.79. The summed E-state index contributed by atoms with van der Waals surface area (Å²) in [5.74, 6) is 0.399. The number of hydrogen-bond donors (Lipinski definition) is 1. The summed E-state index contributed by atoms with van der Waals surface area (Å²) in [7, 11) is 0. The number of aromatic nitrogens is 2. The lowest BCUT2D eigenvalue weighted by Gasteiger charge is -2.18. The molecule has 0 radical (unpaired) electrons. The molecule has 0 amide bonds. The molecule has 108 valence electrons. The summed E-state index contributed by atoms with van der Waals surface area (Å²) >= 11 is 18.4. The average molecular weight is 341 g/mol. The van der Waals surface area contributed by atoms with Crippen LogP contribution in [-0.2, 0) is 0 Å². The number of nitrogens with two attached hydrogens (primary N) is 1. The van der Waals surface area contributed by atoms with Crippen molar-refractivity contribution in [2.75, 3.05) is 5.73 Å². The summed E-state index contributed by atoms with van der Waals surface area (Å²) in [6.07, 6.45) is 0. The third-order valence-electron chi connectivity index (χ3n) is 3.50. The van der Waals surface area contributed by atoms with Gasteiger partial charge in [0.05, 0.1) is 27.1 Å². The highest BCUT2D eigenvalue weighted by Gasteiger charge is 2.18. The number of benzene rings is 2. The average Bonchev–Trinajstić information content (AvgIpc) is 2.74. The minimum Gasteiger partial charge on any atom is -0.369 e. The molecule has 0 aliphatic carbocycles. The maximum absolute atomic E-state index is 6.27. The number of anilines is 1. The molecule has 0 fully saturated rings. The van der Waals surface area contributed by atoms with Crippen molar-refractivity contribution < 1.29 is 0 Å². The molecule has 0 aliphatic rings. The lowest BCUT2D eigenvalue weighted by Crippen LogP contribution is -2.10. The van der Waals surface area contributed by atoms with Crippen molar-refractivity contribution in [2.24, 2.45) is 0 Å². The van der Waals surface area contributed by atoms with E-state index in [1.807, 2.05) is 35.8 Å². The lowest BCUT2D eigenvalue weighted by molar-refractivity contribution is 0.668. The van der Waals surface area contributed by atoms with Crippen LogP contribution in [0.25, 0.3) is 11.0 Å². The fraction of sp³-hybridized carbons (Fsp3) is 0.133. The van der Waals surface area contributed by atoms with E-state index in [1.54, 1.807) is 12.1 Å². The minimum atomic E-state index is -0.0686. The molecular weight excluding hydrogens is 329 g/mol. The third kappa shape index (κ3) is 2.46. The number of rotatable bonds is 2. The molecule has 1 heterocycles. The second-order valence-corrected chi connectivity index (χ2v) is 6.01. The Kier molecular flexibility index (Phi) is 3.74. The van der Waals surface area contributed by atoms with Gasteiger partial charge in [-0.25, -0.2) is 4.98 Å². The van der Waals surface area contributed by atoms with E-state index >= 15 is 0 Å². The molecule has 1 aromatic heterocycles. The highest BCUT2D eigenvalue weighted by molar-refractivity contribution is 6.42. The summed E-state index contributed by atoms with van der Waals surface area (Å²) in [4.78, 5) is 4.35. The quantitative estimate of drug-likeness (QED) is 0.698. The van der Waals surface area contributed by atoms with E-state index in [-0.39, 0.29) is 6.04 Å². The molecule has 6 heteroatoms. The number of nitrogens with zero attached hydrogens (tertiary/aromatic N) is 2. The normalized spacial score (nSPS) is 12.8. The Labute approximate surface area is 137 Å². The fourth-order valence-electron chi connectivity index (χ4n) is 2.47. The number of fused-ring (bicyclic) bond motifs is 1. The molecule has 0 spiro atoms. The Morgan fingerprint density at radius 1 is 1.05 bits per heavy atom. The highest BCUT2D eigenvalue weighted by atomic mass is 35.5. The maximum atomic E-state index is 6.27. The van der Waals surface area contributed by atoms with E-state index < -0.39 is 0 Å². The van der Waals surface area contributed by atoms with Crippen molar-refractivity contribution in [3.05, 3.63) is 57.0 Å². The molecular formula is C15H12Cl3N3. The van der Waals surface area contributed by atoms with Gasteiger partial charge in [0, 0.05) is 5.02 Å². The van der Waals surface area contributed by atoms with Crippen molar-refractivity contribution >= 4 is 51.8 Å².